The van der Waals surface area contributed by atoms with E-state index in [4.69, 9.17) is 5.73 Å². The minimum atomic E-state index is -4.50. The number of aryl methyl sites for hydroxylation is 1. The van der Waals surface area contributed by atoms with Gasteiger partial charge in [0.15, 0.2) is 5.82 Å². The molecule has 0 atom stereocenters. The second-order valence-corrected chi connectivity index (χ2v) is 5.95. The average molecular weight is 345 g/mol. The molecular formula is C17H15BF3N3O. The van der Waals surface area contributed by atoms with Crippen molar-refractivity contribution in [2.75, 3.05) is 5.73 Å². The van der Waals surface area contributed by atoms with E-state index in [2.05, 4.69) is 10.2 Å². The fraction of sp³-hybridized carbons (Fsp3) is 0.176. The first kappa shape index (κ1) is 17.2. The van der Waals surface area contributed by atoms with Gasteiger partial charge in [-0.1, -0.05) is 25.0 Å². The van der Waals surface area contributed by atoms with Gasteiger partial charge in [-0.05, 0) is 41.7 Å². The van der Waals surface area contributed by atoms with E-state index >= 15 is 0 Å². The van der Waals surface area contributed by atoms with Crippen molar-refractivity contribution >= 4 is 29.0 Å². The van der Waals surface area contributed by atoms with Crippen molar-refractivity contribution in [2.24, 2.45) is 0 Å². The zero-order valence-corrected chi connectivity index (χ0v) is 13.6. The summed E-state index contributed by atoms with van der Waals surface area (Å²) in [5.74, 6) is 0.265. The molecule has 3 rings (SSSR count). The predicted molar refractivity (Wildman–Crippen MR) is 92.6 cm³/mol. The van der Waals surface area contributed by atoms with E-state index in [1.165, 1.54) is 6.82 Å². The van der Waals surface area contributed by atoms with Crippen LogP contribution in [0.5, 0.6) is 0 Å². The Hall–Kier alpha value is -2.61. The monoisotopic (exact) mass is 345 g/mol. The number of aromatic nitrogens is 2. The van der Waals surface area contributed by atoms with Gasteiger partial charge in [0.2, 0.25) is 0 Å². The number of nitrogen functional groups attached to an aromatic ring is 1. The molecule has 0 saturated carbocycles. The summed E-state index contributed by atoms with van der Waals surface area (Å²) < 4.78 is 39.5. The average Bonchev–Trinajstić information content (AvgIpc) is 2.56. The van der Waals surface area contributed by atoms with Gasteiger partial charge in [-0.25, -0.2) is 0 Å². The van der Waals surface area contributed by atoms with Gasteiger partial charge in [-0.2, -0.15) is 18.3 Å². The Morgan fingerprint density at radius 1 is 1.00 bits per heavy atom. The number of benzene rings is 2. The molecule has 0 radical (unpaired) electrons. The predicted octanol–water partition coefficient (Wildman–Crippen LogP) is 3.03. The lowest BCUT2D eigenvalue weighted by molar-refractivity contribution is -0.137. The summed E-state index contributed by atoms with van der Waals surface area (Å²) in [6, 6.07) is 8.71. The molecule has 0 aliphatic rings. The van der Waals surface area contributed by atoms with Crippen LogP contribution in [0.3, 0.4) is 0 Å². The van der Waals surface area contributed by atoms with E-state index < -0.39 is 18.7 Å². The Morgan fingerprint density at radius 2 is 1.72 bits per heavy atom. The summed E-state index contributed by atoms with van der Waals surface area (Å²) >= 11 is 0. The maximum absolute atomic E-state index is 13.2. The molecule has 0 aliphatic carbocycles. The normalized spacial score (nSPS) is 11.8. The minimum absolute atomic E-state index is 0.203. The lowest BCUT2D eigenvalue weighted by Gasteiger charge is -2.14. The molecule has 1 aromatic heterocycles. The van der Waals surface area contributed by atoms with E-state index in [-0.39, 0.29) is 11.3 Å². The standard InChI is InChI=1S/C17H15BF3N3O/c1-9-15-7-10(3-4-14(15)16(22)24-23-9)11-5-12(17(19,20)21)8-13(6-11)18(2)25/h3-8,25H,1-2H3,(H2,22,24). The number of halogens is 3. The smallest absolute Gasteiger partial charge is 0.416 e. The van der Waals surface area contributed by atoms with Gasteiger partial charge in [0.1, 0.15) is 0 Å². The topological polar surface area (TPSA) is 72.0 Å². The number of anilines is 1. The van der Waals surface area contributed by atoms with Crippen molar-refractivity contribution in [1.29, 1.82) is 0 Å². The largest absolute Gasteiger partial charge is 0.447 e. The molecule has 4 nitrogen and oxygen atoms in total. The number of alkyl halides is 3. The number of nitrogens with two attached hydrogens (primary N) is 1. The van der Waals surface area contributed by atoms with Crippen LogP contribution in [0.4, 0.5) is 19.0 Å². The Morgan fingerprint density at radius 3 is 2.36 bits per heavy atom. The minimum Gasteiger partial charge on any atom is -0.447 e. The molecule has 0 unspecified atom stereocenters. The van der Waals surface area contributed by atoms with Gasteiger partial charge in [-0.15, -0.1) is 5.10 Å². The summed E-state index contributed by atoms with van der Waals surface area (Å²) in [5.41, 5.74) is 6.78. The molecule has 0 fully saturated rings. The number of hydrogen-bond acceptors (Lipinski definition) is 4. The van der Waals surface area contributed by atoms with Gasteiger partial charge in [0, 0.05) is 10.8 Å². The summed E-state index contributed by atoms with van der Waals surface area (Å²) in [7, 11) is 0. The van der Waals surface area contributed by atoms with E-state index in [0.717, 1.165) is 17.5 Å². The second kappa shape index (κ2) is 6.04. The van der Waals surface area contributed by atoms with E-state index in [1.807, 2.05) is 0 Å². The number of fused-ring (bicyclic) bond motifs is 1. The third-order valence-electron chi connectivity index (χ3n) is 4.09. The molecule has 3 aromatic rings. The summed E-state index contributed by atoms with van der Waals surface area (Å²) in [6.45, 7) is 2.18. The molecule has 2 aromatic carbocycles. The van der Waals surface area contributed by atoms with E-state index in [0.29, 0.717) is 22.2 Å². The van der Waals surface area contributed by atoms with Crippen molar-refractivity contribution in [3.63, 3.8) is 0 Å². The summed E-state index contributed by atoms with van der Waals surface area (Å²) in [4.78, 5) is 0. The van der Waals surface area contributed by atoms with Crippen molar-refractivity contribution in [3.05, 3.63) is 47.7 Å². The van der Waals surface area contributed by atoms with E-state index in [9.17, 15) is 18.2 Å². The van der Waals surface area contributed by atoms with Crippen LogP contribution in [0, 0.1) is 6.92 Å². The van der Waals surface area contributed by atoms with Crippen LogP contribution in [0.15, 0.2) is 36.4 Å². The molecule has 1 heterocycles. The highest BCUT2D eigenvalue weighted by Gasteiger charge is 2.32. The second-order valence-electron chi connectivity index (χ2n) is 5.95. The third-order valence-corrected chi connectivity index (χ3v) is 4.09. The van der Waals surface area contributed by atoms with Crippen molar-refractivity contribution in [1.82, 2.24) is 10.2 Å². The Kier molecular flexibility index (Phi) is 4.16. The zero-order chi connectivity index (χ0) is 18.4. The quantitative estimate of drug-likeness (QED) is 0.701. The Balaban J connectivity index is 2.23. The summed E-state index contributed by atoms with van der Waals surface area (Å²) in [6.07, 6.45) is -4.50. The fourth-order valence-corrected chi connectivity index (χ4v) is 2.71. The lowest BCUT2D eigenvalue weighted by Crippen LogP contribution is -2.27. The van der Waals surface area contributed by atoms with Crippen LogP contribution in [0.1, 0.15) is 11.3 Å². The first-order valence-corrected chi connectivity index (χ1v) is 7.60. The molecule has 3 N–H and O–H groups in total. The first-order valence-electron chi connectivity index (χ1n) is 7.60. The van der Waals surface area contributed by atoms with Gasteiger partial charge in [0.05, 0.1) is 11.3 Å². The highest BCUT2D eigenvalue weighted by atomic mass is 19.4. The zero-order valence-electron chi connectivity index (χ0n) is 13.6. The summed E-state index contributed by atoms with van der Waals surface area (Å²) in [5, 5.41) is 18.9. The van der Waals surface area contributed by atoms with Crippen LogP contribution in [0.2, 0.25) is 6.82 Å². The van der Waals surface area contributed by atoms with Crippen molar-refractivity contribution < 1.29 is 18.2 Å². The highest BCUT2D eigenvalue weighted by Crippen LogP contribution is 2.33. The van der Waals surface area contributed by atoms with Crippen LogP contribution in [0.25, 0.3) is 21.9 Å². The SMILES string of the molecule is CB(O)c1cc(-c2ccc3c(N)nnc(C)c3c2)cc(C(F)(F)F)c1. The van der Waals surface area contributed by atoms with Crippen LogP contribution < -0.4 is 11.2 Å². The van der Waals surface area contributed by atoms with Gasteiger partial charge in [-0.3, -0.25) is 0 Å². The van der Waals surface area contributed by atoms with Gasteiger partial charge >= 0.3 is 13.1 Å². The maximum Gasteiger partial charge on any atom is 0.416 e. The molecule has 0 saturated heterocycles. The molecule has 128 valence electrons. The number of nitrogens with zero attached hydrogens (tertiary/aromatic N) is 2. The Labute approximate surface area is 142 Å². The van der Waals surface area contributed by atoms with Crippen LogP contribution in [-0.2, 0) is 6.18 Å². The van der Waals surface area contributed by atoms with Crippen LogP contribution >= 0.6 is 0 Å². The van der Waals surface area contributed by atoms with Crippen LogP contribution in [-0.4, -0.2) is 22.1 Å². The number of hydrogen-bond donors (Lipinski definition) is 2. The van der Waals surface area contributed by atoms with Crippen molar-refractivity contribution in [2.45, 2.75) is 19.9 Å². The number of rotatable bonds is 2. The molecule has 8 heteroatoms. The maximum atomic E-state index is 13.2. The first-order chi connectivity index (χ1) is 11.7. The molecule has 0 amide bonds. The molecule has 0 bridgehead atoms. The van der Waals surface area contributed by atoms with Gasteiger partial charge < -0.3 is 10.8 Å². The molecular weight excluding hydrogens is 330 g/mol. The molecule has 0 spiro atoms. The fourth-order valence-electron chi connectivity index (χ4n) is 2.71. The van der Waals surface area contributed by atoms with Gasteiger partial charge in [0.25, 0.3) is 0 Å². The molecule has 0 aliphatic heterocycles. The van der Waals surface area contributed by atoms with Crippen molar-refractivity contribution in [3.8, 4) is 11.1 Å². The molecule has 25 heavy (non-hydrogen) atoms. The third kappa shape index (κ3) is 3.30. The Bertz CT molecular complexity index is 958. The van der Waals surface area contributed by atoms with E-state index in [1.54, 1.807) is 31.2 Å². The lowest BCUT2D eigenvalue weighted by atomic mass is 9.63. The highest BCUT2D eigenvalue weighted by molar-refractivity contribution is 6.64.